The number of benzene rings is 1. The molecule has 3 N–H and O–H groups in total. The van der Waals surface area contributed by atoms with E-state index in [1.54, 1.807) is 6.92 Å². The number of thioether (sulfide) groups is 1. The van der Waals surface area contributed by atoms with Crippen LogP contribution in [-0.4, -0.2) is 22.7 Å². The van der Waals surface area contributed by atoms with Gasteiger partial charge in [-0.05, 0) is 23.8 Å². The van der Waals surface area contributed by atoms with E-state index >= 15 is 0 Å². The molecule has 0 bridgehead atoms. The van der Waals surface area contributed by atoms with E-state index in [9.17, 15) is 14.0 Å². The van der Waals surface area contributed by atoms with Gasteiger partial charge >= 0.3 is 5.97 Å². The molecule has 0 saturated carbocycles. The van der Waals surface area contributed by atoms with E-state index in [-0.39, 0.29) is 5.56 Å². The van der Waals surface area contributed by atoms with E-state index in [0.717, 1.165) is 0 Å². The van der Waals surface area contributed by atoms with E-state index in [4.69, 9.17) is 10.8 Å². The third-order valence-corrected chi connectivity index (χ3v) is 3.63. The van der Waals surface area contributed by atoms with E-state index in [1.807, 2.05) is 0 Å². The summed E-state index contributed by atoms with van der Waals surface area (Å²) in [7, 11) is 0. The molecular weight excluding hydrogens is 257 g/mol. The Morgan fingerprint density at radius 1 is 1.50 bits per heavy atom. The summed E-state index contributed by atoms with van der Waals surface area (Å²) in [4.78, 5) is 21.6. The molecule has 0 aromatic heterocycles. The van der Waals surface area contributed by atoms with Crippen molar-refractivity contribution in [3.8, 4) is 0 Å². The summed E-state index contributed by atoms with van der Waals surface area (Å²) in [5.74, 6) is -1.71. The molecule has 18 heavy (non-hydrogen) atoms. The second-order valence-corrected chi connectivity index (χ2v) is 4.96. The van der Waals surface area contributed by atoms with Gasteiger partial charge in [0.15, 0.2) is 0 Å². The van der Waals surface area contributed by atoms with E-state index in [2.05, 4.69) is 0 Å². The van der Waals surface area contributed by atoms with Crippen molar-refractivity contribution in [2.45, 2.75) is 12.7 Å². The average molecular weight is 271 g/mol. The van der Waals surface area contributed by atoms with Gasteiger partial charge in [-0.3, -0.25) is 9.59 Å². The lowest BCUT2D eigenvalue weighted by atomic mass is 10.1. The summed E-state index contributed by atoms with van der Waals surface area (Å²) in [6.45, 7) is 1.59. The number of rotatable bonds is 6. The number of hydrogen-bond donors (Lipinski definition) is 2. The SMILES string of the molecule is CC(CSCc1cc(C(N)=O)ccc1F)C(=O)O. The minimum atomic E-state index is -0.881. The van der Waals surface area contributed by atoms with Crippen molar-refractivity contribution in [3.05, 3.63) is 35.1 Å². The Labute approximate surface area is 108 Å². The zero-order valence-corrected chi connectivity index (χ0v) is 10.7. The highest BCUT2D eigenvalue weighted by molar-refractivity contribution is 7.98. The highest BCUT2D eigenvalue weighted by Gasteiger charge is 2.12. The van der Waals surface area contributed by atoms with Crippen LogP contribution in [0.3, 0.4) is 0 Å². The Morgan fingerprint density at radius 2 is 2.17 bits per heavy atom. The minimum absolute atomic E-state index is 0.248. The number of carbonyl (C=O) groups excluding carboxylic acids is 1. The molecule has 1 unspecified atom stereocenters. The number of nitrogens with two attached hydrogens (primary N) is 1. The Balaban J connectivity index is 2.64. The summed E-state index contributed by atoms with van der Waals surface area (Å²) >= 11 is 1.30. The number of hydrogen-bond acceptors (Lipinski definition) is 3. The zero-order chi connectivity index (χ0) is 13.7. The van der Waals surface area contributed by atoms with Crippen LogP contribution in [0.1, 0.15) is 22.8 Å². The van der Waals surface area contributed by atoms with Gasteiger partial charge in [-0.15, -0.1) is 0 Å². The molecule has 0 radical (unpaired) electrons. The topological polar surface area (TPSA) is 80.4 Å². The quantitative estimate of drug-likeness (QED) is 0.827. The maximum absolute atomic E-state index is 13.4. The standard InChI is InChI=1S/C12H14FNO3S/c1-7(12(16)17)5-18-6-9-4-8(11(14)15)2-3-10(9)13/h2-4,7H,5-6H2,1H3,(H2,14,15)(H,16,17). The average Bonchev–Trinajstić information content (AvgIpc) is 2.30. The maximum Gasteiger partial charge on any atom is 0.307 e. The third-order valence-electron chi connectivity index (χ3n) is 2.38. The molecule has 1 rings (SSSR count). The number of carboxylic acids is 1. The predicted octanol–water partition coefficient (Wildman–Crippen LogP) is 1.88. The molecule has 0 aliphatic rings. The molecule has 4 nitrogen and oxygen atoms in total. The fraction of sp³-hybridized carbons (Fsp3) is 0.333. The zero-order valence-electron chi connectivity index (χ0n) is 9.85. The molecule has 0 saturated heterocycles. The predicted molar refractivity (Wildman–Crippen MR) is 67.9 cm³/mol. The third kappa shape index (κ3) is 4.03. The van der Waals surface area contributed by atoms with E-state index in [1.165, 1.54) is 30.0 Å². The first-order chi connectivity index (χ1) is 8.41. The number of carboxylic acid groups (broad SMARTS) is 1. The fourth-order valence-corrected chi connectivity index (χ4v) is 2.31. The highest BCUT2D eigenvalue weighted by Crippen LogP contribution is 2.19. The lowest BCUT2D eigenvalue weighted by Gasteiger charge is -2.07. The van der Waals surface area contributed by atoms with Crippen LogP contribution in [0, 0.1) is 11.7 Å². The van der Waals surface area contributed by atoms with Gasteiger partial charge in [0.2, 0.25) is 5.91 Å². The van der Waals surface area contributed by atoms with Crippen LogP contribution >= 0.6 is 11.8 Å². The van der Waals surface area contributed by atoms with E-state index < -0.39 is 23.6 Å². The Bertz CT molecular complexity index is 465. The fourth-order valence-electron chi connectivity index (χ4n) is 1.26. The van der Waals surface area contributed by atoms with E-state index in [0.29, 0.717) is 17.1 Å². The van der Waals surface area contributed by atoms with Gasteiger partial charge in [-0.25, -0.2) is 4.39 Å². The Kier molecular flexibility index (Phi) is 5.15. The number of carbonyl (C=O) groups is 2. The van der Waals surface area contributed by atoms with Crippen molar-refractivity contribution >= 4 is 23.6 Å². The maximum atomic E-state index is 13.4. The smallest absolute Gasteiger partial charge is 0.307 e. The molecule has 0 spiro atoms. The van der Waals surface area contributed by atoms with Crippen molar-refractivity contribution in [1.29, 1.82) is 0 Å². The molecule has 1 aromatic carbocycles. The molecule has 1 atom stereocenters. The van der Waals surface area contributed by atoms with Crippen molar-refractivity contribution in [1.82, 2.24) is 0 Å². The number of amides is 1. The lowest BCUT2D eigenvalue weighted by molar-refractivity contribution is -0.140. The molecule has 1 amide bonds. The monoisotopic (exact) mass is 271 g/mol. The molecule has 0 aliphatic carbocycles. The van der Waals surface area contributed by atoms with Crippen molar-refractivity contribution < 1.29 is 19.1 Å². The normalized spacial score (nSPS) is 12.1. The second-order valence-electron chi connectivity index (χ2n) is 3.92. The van der Waals surface area contributed by atoms with Crippen molar-refractivity contribution in [2.75, 3.05) is 5.75 Å². The summed E-state index contributed by atoms with van der Waals surface area (Å²) in [5.41, 5.74) is 5.71. The lowest BCUT2D eigenvalue weighted by Crippen LogP contribution is -2.12. The van der Waals surface area contributed by atoms with Gasteiger partial charge in [0.25, 0.3) is 0 Å². The first kappa shape index (κ1) is 14.5. The van der Waals surface area contributed by atoms with Crippen LogP contribution in [0.25, 0.3) is 0 Å². The van der Waals surface area contributed by atoms with Crippen LogP contribution in [0.15, 0.2) is 18.2 Å². The Morgan fingerprint density at radius 3 is 2.72 bits per heavy atom. The van der Waals surface area contributed by atoms with Crippen LogP contribution in [0.5, 0.6) is 0 Å². The minimum Gasteiger partial charge on any atom is -0.481 e. The second kappa shape index (κ2) is 6.39. The van der Waals surface area contributed by atoms with Crippen LogP contribution in [0.2, 0.25) is 0 Å². The molecular formula is C12H14FNO3S. The van der Waals surface area contributed by atoms with Crippen LogP contribution in [0.4, 0.5) is 4.39 Å². The van der Waals surface area contributed by atoms with Gasteiger partial charge < -0.3 is 10.8 Å². The first-order valence-corrected chi connectivity index (χ1v) is 6.46. The molecule has 0 fully saturated rings. The summed E-state index contributed by atoms with van der Waals surface area (Å²) in [5, 5.41) is 8.70. The van der Waals surface area contributed by atoms with Crippen molar-refractivity contribution in [2.24, 2.45) is 11.7 Å². The van der Waals surface area contributed by atoms with Crippen LogP contribution in [-0.2, 0) is 10.5 Å². The molecule has 0 aliphatic heterocycles. The van der Waals surface area contributed by atoms with Gasteiger partial charge in [0.1, 0.15) is 5.82 Å². The molecule has 98 valence electrons. The molecule has 6 heteroatoms. The molecule has 0 heterocycles. The summed E-state index contributed by atoms with van der Waals surface area (Å²) in [6.07, 6.45) is 0. The molecule has 1 aromatic rings. The van der Waals surface area contributed by atoms with Gasteiger partial charge in [0, 0.05) is 17.1 Å². The summed E-state index contributed by atoms with van der Waals surface area (Å²) in [6, 6.07) is 3.92. The van der Waals surface area contributed by atoms with Crippen molar-refractivity contribution in [3.63, 3.8) is 0 Å². The van der Waals surface area contributed by atoms with Gasteiger partial charge in [0.05, 0.1) is 5.92 Å². The van der Waals surface area contributed by atoms with Gasteiger partial charge in [-0.2, -0.15) is 11.8 Å². The number of halogens is 1. The highest BCUT2D eigenvalue weighted by atomic mass is 32.2. The largest absolute Gasteiger partial charge is 0.481 e. The first-order valence-electron chi connectivity index (χ1n) is 5.30. The van der Waals surface area contributed by atoms with Crippen LogP contribution < -0.4 is 5.73 Å². The Hall–Kier alpha value is -1.56. The number of primary amides is 1. The summed E-state index contributed by atoms with van der Waals surface area (Å²) < 4.78 is 13.4. The number of aliphatic carboxylic acids is 1. The van der Waals surface area contributed by atoms with Gasteiger partial charge in [-0.1, -0.05) is 6.92 Å².